The largest absolute Gasteiger partial charge is 0.399 e. The second kappa shape index (κ2) is 5.16. The van der Waals surface area contributed by atoms with E-state index < -0.39 is 0 Å². The molecule has 0 aliphatic rings. The smallest absolute Gasteiger partial charge is 0.227 e. The molecule has 82 valence electrons. The van der Waals surface area contributed by atoms with E-state index in [1.54, 1.807) is 12.1 Å². The number of carbonyl (C=O) groups is 1. The van der Waals surface area contributed by atoms with Crippen LogP contribution in [0.2, 0.25) is 0 Å². The van der Waals surface area contributed by atoms with E-state index in [-0.39, 0.29) is 11.8 Å². The van der Waals surface area contributed by atoms with E-state index in [0.29, 0.717) is 5.69 Å². The zero-order chi connectivity index (χ0) is 11.4. The van der Waals surface area contributed by atoms with Crippen LogP contribution in [-0.4, -0.2) is 5.91 Å². The SMILES string of the molecule is CCC(C)C(=O)Nc1cc(N)ccc1Br. The normalized spacial score (nSPS) is 12.2. The van der Waals surface area contributed by atoms with E-state index in [4.69, 9.17) is 5.73 Å². The Morgan fingerprint density at radius 2 is 2.27 bits per heavy atom. The fourth-order valence-electron chi connectivity index (χ4n) is 1.08. The van der Waals surface area contributed by atoms with E-state index in [0.717, 1.165) is 16.6 Å². The van der Waals surface area contributed by atoms with Gasteiger partial charge >= 0.3 is 0 Å². The van der Waals surface area contributed by atoms with E-state index >= 15 is 0 Å². The number of halogens is 1. The van der Waals surface area contributed by atoms with E-state index in [1.807, 2.05) is 19.9 Å². The van der Waals surface area contributed by atoms with Crippen LogP contribution in [0.25, 0.3) is 0 Å². The van der Waals surface area contributed by atoms with Gasteiger partial charge in [0, 0.05) is 16.1 Å². The summed E-state index contributed by atoms with van der Waals surface area (Å²) in [4.78, 5) is 11.6. The van der Waals surface area contributed by atoms with Gasteiger partial charge in [0.2, 0.25) is 5.91 Å². The molecule has 1 aromatic rings. The van der Waals surface area contributed by atoms with E-state index in [9.17, 15) is 4.79 Å². The van der Waals surface area contributed by atoms with Gasteiger partial charge in [0.05, 0.1) is 5.69 Å². The lowest BCUT2D eigenvalue weighted by Crippen LogP contribution is -2.19. The Balaban J connectivity index is 2.80. The first kappa shape index (κ1) is 12.0. The van der Waals surface area contributed by atoms with Gasteiger partial charge in [0.15, 0.2) is 0 Å². The first-order valence-corrected chi connectivity index (χ1v) is 5.69. The van der Waals surface area contributed by atoms with Crippen molar-refractivity contribution in [3.8, 4) is 0 Å². The number of nitrogen functional groups attached to an aromatic ring is 1. The second-order valence-corrected chi connectivity index (χ2v) is 4.39. The van der Waals surface area contributed by atoms with E-state index in [2.05, 4.69) is 21.2 Å². The number of carbonyl (C=O) groups excluding carboxylic acids is 1. The van der Waals surface area contributed by atoms with Crippen molar-refractivity contribution in [1.29, 1.82) is 0 Å². The Hall–Kier alpha value is -1.03. The van der Waals surface area contributed by atoms with Gasteiger partial charge in [-0.25, -0.2) is 0 Å². The van der Waals surface area contributed by atoms with Gasteiger partial charge in [-0.3, -0.25) is 4.79 Å². The van der Waals surface area contributed by atoms with Crippen molar-refractivity contribution in [3.63, 3.8) is 0 Å². The number of nitrogens with two attached hydrogens (primary N) is 1. The highest BCUT2D eigenvalue weighted by Crippen LogP contribution is 2.25. The summed E-state index contributed by atoms with van der Waals surface area (Å²) < 4.78 is 0.841. The number of benzene rings is 1. The van der Waals surface area contributed by atoms with Crippen molar-refractivity contribution in [1.82, 2.24) is 0 Å². The lowest BCUT2D eigenvalue weighted by molar-refractivity contribution is -0.119. The fourth-order valence-corrected chi connectivity index (χ4v) is 1.43. The molecule has 0 aliphatic carbocycles. The summed E-state index contributed by atoms with van der Waals surface area (Å²) in [6.45, 7) is 3.88. The molecule has 0 fully saturated rings. The lowest BCUT2D eigenvalue weighted by atomic mass is 10.1. The zero-order valence-corrected chi connectivity index (χ0v) is 10.5. The number of anilines is 2. The lowest BCUT2D eigenvalue weighted by Gasteiger charge is -2.11. The zero-order valence-electron chi connectivity index (χ0n) is 8.88. The van der Waals surface area contributed by atoms with Crippen molar-refractivity contribution in [3.05, 3.63) is 22.7 Å². The minimum atomic E-state index is 0.0123. The number of hydrogen-bond acceptors (Lipinski definition) is 2. The van der Waals surface area contributed by atoms with Crippen molar-refractivity contribution in [2.45, 2.75) is 20.3 Å². The van der Waals surface area contributed by atoms with Crippen LogP contribution in [0.4, 0.5) is 11.4 Å². The molecule has 1 atom stereocenters. The van der Waals surface area contributed by atoms with Crippen LogP contribution in [0.1, 0.15) is 20.3 Å². The fraction of sp³-hybridized carbons (Fsp3) is 0.364. The molecule has 1 amide bonds. The third-order valence-electron chi connectivity index (χ3n) is 2.31. The maximum atomic E-state index is 11.6. The molecule has 4 heteroatoms. The Kier molecular flexibility index (Phi) is 4.15. The van der Waals surface area contributed by atoms with Crippen molar-refractivity contribution in [2.75, 3.05) is 11.1 Å². The average molecular weight is 271 g/mol. The number of nitrogens with one attached hydrogen (secondary N) is 1. The summed E-state index contributed by atoms with van der Waals surface area (Å²) in [5.74, 6) is 0.0298. The van der Waals surface area contributed by atoms with Crippen LogP contribution in [0.15, 0.2) is 22.7 Å². The first-order valence-electron chi connectivity index (χ1n) is 4.90. The molecule has 3 N–H and O–H groups in total. The molecule has 1 unspecified atom stereocenters. The van der Waals surface area contributed by atoms with Crippen LogP contribution in [-0.2, 0) is 4.79 Å². The molecule has 0 bridgehead atoms. The minimum Gasteiger partial charge on any atom is -0.399 e. The molecule has 0 radical (unpaired) electrons. The minimum absolute atomic E-state index is 0.0123. The molecule has 15 heavy (non-hydrogen) atoms. The molecular weight excluding hydrogens is 256 g/mol. The van der Waals surface area contributed by atoms with Gasteiger partial charge in [-0.2, -0.15) is 0 Å². The number of amides is 1. The predicted molar refractivity (Wildman–Crippen MR) is 66.6 cm³/mol. The summed E-state index contributed by atoms with van der Waals surface area (Å²) in [5, 5.41) is 2.84. The van der Waals surface area contributed by atoms with Gasteiger partial charge in [0.1, 0.15) is 0 Å². The van der Waals surface area contributed by atoms with Gasteiger partial charge in [-0.05, 0) is 40.5 Å². The van der Waals surface area contributed by atoms with Gasteiger partial charge in [-0.15, -0.1) is 0 Å². The summed E-state index contributed by atoms with van der Waals surface area (Å²) in [5.41, 5.74) is 7.00. The number of hydrogen-bond donors (Lipinski definition) is 2. The average Bonchev–Trinajstić information content (AvgIpc) is 2.22. The molecule has 0 saturated carbocycles. The monoisotopic (exact) mass is 270 g/mol. The van der Waals surface area contributed by atoms with Gasteiger partial charge in [-0.1, -0.05) is 13.8 Å². The van der Waals surface area contributed by atoms with Crippen molar-refractivity contribution < 1.29 is 4.79 Å². The van der Waals surface area contributed by atoms with E-state index in [1.165, 1.54) is 0 Å². The Labute approximate surface area is 98.2 Å². The molecule has 0 saturated heterocycles. The highest BCUT2D eigenvalue weighted by molar-refractivity contribution is 9.10. The summed E-state index contributed by atoms with van der Waals surface area (Å²) >= 11 is 3.36. The highest BCUT2D eigenvalue weighted by Gasteiger charge is 2.11. The molecule has 3 nitrogen and oxygen atoms in total. The topological polar surface area (TPSA) is 55.1 Å². The van der Waals surface area contributed by atoms with Crippen molar-refractivity contribution in [2.24, 2.45) is 5.92 Å². The molecule has 1 rings (SSSR count). The summed E-state index contributed by atoms with van der Waals surface area (Å²) in [6, 6.07) is 5.34. The highest BCUT2D eigenvalue weighted by atomic mass is 79.9. The standard InChI is InChI=1S/C11H15BrN2O/c1-3-7(2)11(15)14-10-6-8(13)4-5-9(10)12/h4-7H,3,13H2,1-2H3,(H,14,15). The Bertz CT molecular complexity index is 366. The van der Waals surface area contributed by atoms with Crippen molar-refractivity contribution >= 4 is 33.2 Å². The molecule has 0 heterocycles. The molecule has 0 aromatic heterocycles. The predicted octanol–water partition coefficient (Wildman–Crippen LogP) is 3.02. The quantitative estimate of drug-likeness (QED) is 0.830. The third kappa shape index (κ3) is 3.23. The summed E-state index contributed by atoms with van der Waals surface area (Å²) in [7, 11) is 0. The van der Waals surface area contributed by atoms with Crippen LogP contribution in [0.5, 0.6) is 0 Å². The van der Waals surface area contributed by atoms with Crippen LogP contribution in [0, 0.1) is 5.92 Å². The molecule has 1 aromatic carbocycles. The van der Waals surface area contributed by atoms with Crippen LogP contribution < -0.4 is 11.1 Å². The van der Waals surface area contributed by atoms with Crippen LogP contribution in [0.3, 0.4) is 0 Å². The first-order chi connectivity index (χ1) is 7.04. The van der Waals surface area contributed by atoms with Crippen LogP contribution >= 0.6 is 15.9 Å². The molecular formula is C11H15BrN2O. The Morgan fingerprint density at radius 1 is 1.60 bits per heavy atom. The maximum absolute atomic E-state index is 11.6. The van der Waals surface area contributed by atoms with Gasteiger partial charge < -0.3 is 11.1 Å². The third-order valence-corrected chi connectivity index (χ3v) is 3.00. The molecule has 0 aliphatic heterocycles. The maximum Gasteiger partial charge on any atom is 0.227 e. The summed E-state index contributed by atoms with van der Waals surface area (Å²) in [6.07, 6.45) is 0.825. The number of rotatable bonds is 3. The second-order valence-electron chi connectivity index (χ2n) is 3.54. The van der Waals surface area contributed by atoms with Gasteiger partial charge in [0.25, 0.3) is 0 Å². The Morgan fingerprint density at radius 3 is 2.87 bits per heavy atom. The molecule has 0 spiro atoms.